The maximum atomic E-state index is 9.58. The van der Waals surface area contributed by atoms with Crippen LogP contribution in [0.3, 0.4) is 0 Å². The highest BCUT2D eigenvalue weighted by Crippen LogP contribution is 2.28. The van der Waals surface area contributed by atoms with Gasteiger partial charge in [0.2, 0.25) is 0 Å². The van der Waals surface area contributed by atoms with Gasteiger partial charge in [0.15, 0.2) is 0 Å². The van der Waals surface area contributed by atoms with E-state index in [4.69, 9.17) is 10.4 Å². The normalized spacial score (nSPS) is 12.1. The van der Waals surface area contributed by atoms with Crippen LogP contribution >= 0.6 is 11.8 Å². The van der Waals surface area contributed by atoms with Gasteiger partial charge in [0, 0.05) is 17.3 Å². The minimum absolute atomic E-state index is 0.162. The standard InChI is InChI=1S/C12H15NO2S/c1-9(15)11-4-3-10(8-13)7-12(11)16-6-2-5-14/h3-4,7,9,14-15H,2,5-6H2,1H3. The molecule has 16 heavy (non-hydrogen) atoms. The summed E-state index contributed by atoms with van der Waals surface area (Å²) < 4.78 is 0. The van der Waals surface area contributed by atoms with Crippen molar-refractivity contribution in [2.75, 3.05) is 12.4 Å². The van der Waals surface area contributed by atoms with E-state index in [1.54, 1.807) is 36.9 Å². The molecule has 0 radical (unpaired) electrons. The maximum Gasteiger partial charge on any atom is 0.0992 e. The van der Waals surface area contributed by atoms with Crippen molar-refractivity contribution < 1.29 is 10.2 Å². The van der Waals surface area contributed by atoms with Gasteiger partial charge in [-0.05, 0) is 31.0 Å². The van der Waals surface area contributed by atoms with Gasteiger partial charge in [0.05, 0.1) is 17.7 Å². The minimum atomic E-state index is -0.538. The number of hydrogen-bond acceptors (Lipinski definition) is 4. The maximum absolute atomic E-state index is 9.58. The second kappa shape index (κ2) is 6.54. The monoisotopic (exact) mass is 237 g/mol. The number of benzene rings is 1. The molecule has 86 valence electrons. The molecular weight excluding hydrogens is 222 g/mol. The molecule has 0 saturated heterocycles. The molecule has 0 fully saturated rings. The number of aliphatic hydroxyl groups excluding tert-OH is 2. The lowest BCUT2D eigenvalue weighted by atomic mass is 10.1. The highest BCUT2D eigenvalue weighted by atomic mass is 32.2. The molecule has 3 nitrogen and oxygen atoms in total. The molecule has 0 saturated carbocycles. The predicted molar refractivity (Wildman–Crippen MR) is 64.2 cm³/mol. The van der Waals surface area contributed by atoms with Crippen LogP contribution < -0.4 is 0 Å². The lowest BCUT2D eigenvalue weighted by molar-refractivity contribution is 0.196. The highest BCUT2D eigenvalue weighted by Gasteiger charge is 2.09. The van der Waals surface area contributed by atoms with Crippen LogP contribution in [0.25, 0.3) is 0 Å². The molecular formula is C12H15NO2S. The molecule has 0 heterocycles. The first-order valence-corrected chi connectivity index (χ1v) is 6.13. The zero-order valence-corrected chi connectivity index (χ0v) is 10.00. The van der Waals surface area contributed by atoms with Crippen molar-refractivity contribution >= 4 is 11.8 Å². The number of nitriles is 1. The summed E-state index contributed by atoms with van der Waals surface area (Å²) in [6, 6.07) is 7.35. The van der Waals surface area contributed by atoms with Gasteiger partial charge in [-0.2, -0.15) is 5.26 Å². The van der Waals surface area contributed by atoms with E-state index < -0.39 is 6.10 Å². The van der Waals surface area contributed by atoms with Gasteiger partial charge in [-0.1, -0.05) is 6.07 Å². The van der Waals surface area contributed by atoms with E-state index in [9.17, 15) is 5.11 Å². The van der Waals surface area contributed by atoms with Crippen molar-refractivity contribution in [2.24, 2.45) is 0 Å². The largest absolute Gasteiger partial charge is 0.396 e. The summed E-state index contributed by atoms with van der Waals surface area (Å²) in [4.78, 5) is 0.919. The van der Waals surface area contributed by atoms with Crippen LogP contribution in [0.4, 0.5) is 0 Å². The summed E-state index contributed by atoms with van der Waals surface area (Å²) in [5.74, 6) is 0.783. The van der Waals surface area contributed by atoms with E-state index >= 15 is 0 Å². The fourth-order valence-electron chi connectivity index (χ4n) is 1.32. The van der Waals surface area contributed by atoms with Gasteiger partial charge in [0.1, 0.15) is 0 Å². The summed E-state index contributed by atoms with van der Waals surface area (Å²) in [5.41, 5.74) is 1.43. The third kappa shape index (κ3) is 3.53. The van der Waals surface area contributed by atoms with Crippen molar-refractivity contribution in [3.8, 4) is 6.07 Å². The van der Waals surface area contributed by atoms with Gasteiger partial charge >= 0.3 is 0 Å². The Labute approximate surface area is 99.7 Å². The van der Waals surface area contributed by atoms with Crippen LogP contribution in [-0.2, 0) is 0 Å². The fraction of sp³-hybridized carbons (Fsp3) is 0.417. The van der Waals surface area contributed by atoms with Gasteiger partial charge < -0.3 is 10.2 Å². The number of rotatable bonds is 5. The lowest BCUT2D eigenvalue weighted by Gasteiger charge is -2.11. The van der Waals surface area contributed by atoms with Crippen molar-refractivity contribution in [2.45, 2.75) is 24.3 Å². The minimum Gasteiger partial charge on any atom is -0.396 e. The summed E-state index contributed by atoms with van der Waals surface area (Å²) in [7, 11) is 0. The summed E-state index contributed by atoms with van der Waals surface area (Å²) >= 11 is 1.56. The van der Waals surface area contributed by atoms with E-state index in [1.807, 2.05) is 0 Å². The first-order chi connectivity index (χ1) is 7.69. The molecule has 4 heteroatoms. The molecule has 0 aromatic heterocycles. The average molecular weight is 237 g/mol. The molecule has 0 spiro atoms. The molecule has 0 bridgehead atoms. The van der Waals surface area contributed by atoms with Gasteiger partial charge in [0.25, 0.3) is 0 Å². The van der Waals surface area contributed by atoms with E-state index in [1.165, 1.54) is 0 Å². The van der Waals surface area contributed by atoms with Crippen LogP contribution in [-0.4, -0.2) is 22.6 Å². The molecule has 0 aliphatic heterocycles. The Kier molecular flexibility index (Phi) is 5.33. The Morgan fingerprint density at radius 1 is 1.50 bits per heavy atom. The molecule has 1 rings (SSSR count). The van der Waals surface area contributed by atoms with Gasteiger partial charge in [-0.15, -0.1) is 11.8 Å². The zero-order valence-electron chi connectivity index (χ0n) is 9.18. The SMILES string of the molecule is CC(O)c1ccc(C#N)cc1SCCCO. The van der Waals surface area contributed by atoms with Crippen LogP contribution in [0, 0.1) is 11.3 Å². The zero-order chi connectivity index (χ0) is 12.0. The first kappa shape index (κ1) is 13.0. The highest BCUT2D eigenvalue weighted by molar-refractivity contribution is 7.99. The van der Waals surface area contributed by atoms with Gasteiger partial charge in [-0.3, -0.25) is 0 Å². The number of hydrogen-bond donors (Lipinski definition) is 2. The molecule has 2 N–H and O–H groups in total. The Hall–Kier alpha value is -1.02. The Morgan fingerprint density at radius 3 is 2.81 bits per heavy atom. The van der Waals surface area contributed by atoms with E-state index in [2.05, 4.69) is 6.07 Å². The third-order valence-corrected chi connectivity index (χ3v) is 3.31. The molecule has 1 aromatic rings. The Bertz CT molecular complexity index is 385. The van der Waals surface area contributed by atoms with Crippen molar-refractivity contribution in [3.63, 3.8) is 0 Å². The second-order valence-electron chi connectivity index (χ2n) is 3.47. The molecule has 1 aromatic carbocycles. The first-order valence-electron chi connectivity index (χ1n) is 5.14. The molecule has 0 amide bonds. The summed E-state index contributed by atoms with van der Waals surface area (Å²) in [6.45, 7) is 1.87. The van der Waals surface area contributed by atoms with Crippen LogP contribution in [0.1, 0.15) is 30.6 Å². The van der Waals surface area contributed by atoms with E-state index in [-0.39, 0.29) is 6.61 Å². The van der Waals surface area contributed by atoms with Gasteiger partial charge in [-0.25, -0.2) is 0 Å². The van der Waals surface area contributed by atoms with Crippen molar-refractivity contribution in [1.29, 1.82) is 5.26 Å². The fourth-order valence-corrected chi connectivity index (χ4v) is 2.43. The number of aliphatic hydroxyl groups is 2. The number of nitrogens with zero attached hydrogens (tertiary/aromatic N) is 1. The van der Waals surface area contributed by atoms with Crippen molar-refractivity contribution in [3.05, 3.63) is 29.3 Å². The molecule has 1 unspecified atom stereocenters. The van der Waals surface area contributed by atoms with E-state index in [0.717, 1.165) is 16.2 Å². The summed E-state index contributed by atoms with van der Waals surface area (Å²) in [6.07, 6.45) is 0.171. The quantitative estimate of drug-likeness (QED) is 0.608. The molecule has 0 aliphatic carbocycles. The topological polar surface area (TPSA) is 64.2 Å². The Morgan fingerprint density at radius 2 is 2.25 bits per heavy atom. The average Bonchev–Trinajstić information content (AvgIpc) is 2.29. The molecule has 0 aliphatic rings. The predicted octanol–water partition coefficient (Wildman–Crippen LogP) is 2.09. The third-order valence-electron chi connectivity index (χ3n) is 2.15. The van der Waals surface area contributed by atoms with Crippen LogP contribution in [0.2, 0.25) is 0 Å². The lowest BCUT2D eigenvalue weighted by Crippen LogP contribution is -1.96. The summed E-state index contributed by atoms with van der Waals surface area (Å²) in [5, 5.41) is 27.1. The van der Waals surface area contributed by atoms with E-state index in [0.29, 0.717) is 12.0 Å². The smallest absolute Gasteiger partial charge is 0.0992 e. The number of thioether (sulfide) groups is 1. The van der Waals surface area contributed by atoms with Crippen molar-refractivity contribution in [1.82, 2.24) is 0 Å². The van der Waals surface area contributed by atoms with Crippen LogP contribution in [0.15, 0.2) is 23.1 Å². The Balaban J connectivity index is 2.88. The second-order valence-corrected chi connectivity index (χ2v) is 4.60. The molecule has 1 atom stereocenters. The van der Waals surface area contributed by atoms with Crippen LogP contribution in [0.5, 0.6) is 0 Å².